The lowest BCUT2D eigenvalue weighted by Crippen LogP contribution is -2.50. The van der Waals surface area contributed by atoms with Crippen LogP contribution in [0.3, 0.4) is 0 Å². The molecular formula is C28H28Cl2N6. The van der Waals surface area contributed by atoms with Gasteiger partial charge in [0.15, 0.2) is 6.33 Å². The van der Waals surface area contributed by atoms with E-state index in [0.29, 0.717) is 28.0 Å². The molecule has 0 amide bonds. The van der Waals surface area contributed by atoms with Gasteiger partial charge in [0.2, 0.25) is 0 Å². The van der Waals surface area contributed by atoms with Crippen molar-refractivity contribution >= 4 is 34.0 Å². The van der Waals surface area contributed by atoms with E-state index in [2.05, 4.69) is 80.2 Å². The van der Waals surface area contributed by atoms with Gasteiger partial charge in [0.05, 0.1) is 16.2 Å². The zero-order valence-corrected chi connectivity index (χ0v) is 21.4. The van der Waals surface area contributed by atoms with E-state index in [4.69, 9.17) is 23.2 Å². The number of nitrogens with one attached hydrogen (secondary N) is 1. The molecule has 36 heavy (non-hydrogen) atoms. The first-order valence-electron chi connectivity index (χ1n) is 12.8. The van der Waals surface area contributed by atoms with E-state index >= 15 is 0 Å². The average molecular weight is 519 g/mol. The highest BCUT2D eigenvalue weighted by Crippen LogP contribution is 2.60. The van der Waals surface area contributed by atoms with Gasteiger partial charge in [-0.1, -0.05) is 65.7 Å². The molecule has 4 aromatic rings. The predicted molar refractivity (Wildman–Crippen MR) is 142 cm³/mol. The van der Waals surface area contributed by atoms with E-state index in [0.717, 1.165) is 32.5 Å². The Morgan fingerprint density at radius 2 is 1.89 bits per heavy atom. The number of nitrogens with zero attached hydrogens (tertiary/aromatic N) is 5. The third-order valence-corrected chi connectivity index (χ3v) is 9.43. The minimum absolute atomic E-state index is 0.0559. The van der Waals surface area contributed by atoms with E-state index in [1.807, 2.05) is 10.9 Å². The lowest BCUT2D eigenvalue weighted by atomic mass is 9.85. The number of rotatable bonds is 5. The third-order valence-electron chi connectivity index (χ3n) is 8.69. The predicted octanol–water partition coefficient (Wildman–Crippen LogP) is 5.32. The highest BCUT2D eigenvalue weighted by molar-refractivity contribution is 6.42. The van der Waals surface area contributed by atoms with Crippen molar-refractivity contribution in [2.24, 2.45) is 11.8 Å². The maximum atomic E-state index is 6.37. The highest BCUT2D eigenvalue weighted by Gasteiger charge is 2.64. The van der Waals surface area contributed by atoms with Crippen molar-refractivity contribution in [3.8, 4) is 0 Å². The number of hydrogen-bond donors (Lipinski definition) is 1. The van der Waals surface area contributed by atoms with Crippen LogP contribution in [0.25, 0.3) is 10.8 Å². The number of fused-ring (bicyclic) bond motifs is 2. The third kappa shape index (κ3) is 3.74. The Kier molecular flexibility index (Phi) is 5.54. The minimum Gasteiger partial charge on any atom is -0.301 e. The Labute approximate surface area is 220 Å². The molecule has 0 bridgehead atoms. The normalized spacial score (nSPS) is 28.8. The molecule has 1 aliphatic carbocycles. The second-order valence-corrected chi connectivity index (χ2v) is 11.4. The zero-order valence-electron chi connectivity index (χ0n) is 19.9. The molecule has 0 radical (unpaired) electrons. The summed E-state index contributed by atoms with van der Waals surface area (Å²) in [5.41, 5.74) is 2.73. The fraction of sp³-hybridized carbons (Fsp3) is 0.393. The lowest BCUT2D eigenvalue weighted by Gasteiger charge is -2.40. The zero-order chi connectivity index (χ0) is 24.3. The number of tetrazole rings is 1. The van der Waals surface area contributed by atoms with Gasteiger partial charge in [-0.2, -0.15) is 4.80 Å². The number of hydrogen-bond acceptors (Lipinski definition) is 5. The Balaban J connectivity index is 1.15. The minimum atomic E-state index is 0.0559. The van der Waals surface area contributed by atoms with E-state index in [9.17, 15) is 0 Å². The fourth-order valence-electron chi connectivity index (χ4n) is 6.84. The van der Waals surface area contributed by atoms with Crippen molar-refractivity contribution in [2.75, 3.05) is 19.6 Å². The van der Waals surface area contributed by atoms with Crippen LogP contribution < -0.4 is 5.32 Å². The van der Waals surface area contributed by atoms with Gasteiger partial charge in [-0.25, -0.2) is 0 Å². The highest BCUT2D eigenvalue weighted by atomic mass is 35.5. The van der Waals surface area contributed by atoms with Crippen LogP contribution in [0, 0.1) is 11.8 Å². The monoisotopic (exact) mass is 518 g/mol. The van der Waals surface area contributed by atoms with E-state index < -0.39 is 0 Å². The van der Waals surface area contributed by atoms with Crippen molar-refractivity contribution < 1.29 is 0 Å². The Morgan fingerprint density at radius 3 is 2.69 bits per heavy atom. The molecule has 0 spiro atoms. The molecule has 1 saturated carbocycles. The molecular weight excluding hydrogens is 491 g/mol. The molecule has 1 aromatic heterocycles. The molecule has 8 heteroatoms. The largest absolute Gasteiger partial charge is 0.301 e. The van der Waals surface area contributed by atoms with Crippen LogP contribution in [0.2, 0.25) is 10.0 Å². The molecule has 184 valence electrons. The van der Waals surface area contributed by atoms with Gasteiger partial charge < -0.3 is 5.32 Å². The number of aromatic nitrogens is 4. The number of benzene rings is 3. The summed E-state index contributed by atoms with van der Waals surface area (Å²) in [4.78, 5) is 4.48. The standard InChI is InChI=1S/C28H28Cl2N6/c29-24-10-9-22(13-25(24)30)28-14-23(28)27(31-16-28)35-11-3-6-21(15-35)26(36-33-17-32-34-36)20-8-7-18-4-1-2-5-19(18)12-20/h1-2,4-5,7-10,12-13,17,21,23,26-27,31H,3,6,11,14-16H2/t21-,23?,26+,27?,28-/m0/s1. The number of likely N-dealkylation sites (tertiary alicyclic amines) is 1. The fourth-order valence-corrected chi connectivity index (χ4v) is 7.14. The first kappa shape index (κ1) is 22.7. The maximum absolute atomic E-state index is 6.37. The number of halogens is 2. The summed E-state index contributed by atoms with van der Waals surface area (Å²) in [6.07, 6.45) is 5.42. The van der Waals surface area contributed by atoms with Gasteiger partial charge in [-0.3, -0.25) is 4.90 Å². The van der Waals surface area contributed by atoms with Crippen LogP contribution >= 0.6 is 23.2 Å². The summed E-state index contributed by atoms with van der Waals surface area (Å²) >= 11 is 12.6. The Bertz CT molecular complexity index is 1410. The topological polar surface area (TPSA) is 58.9 Å². The Hall–Kier alpha value is -2.51. The average Bonchev–Trinajstić information content (AvgIpc) is 3.23. The van der Waals surface area contributed by atoms with Crippen LogP contribution in [-0.4, -0.2) is 50.9 Å². The summed E-state index contributed by atoms with van der Waals surface area (Å²) in [7, 11) is 0. The molecule has 7 rings (SSSR count). The van der Waals surface area contributed by atoms with Crippen LogP contribution in [0.1, 0.15) is 36.4 Å². The first-order valence-corrected chi connectivity index (χ1v) is 13.5. The van der Waals surface area contributed by atoms with E-state index in [1.54, 1.807) is 6.33 Å². The summed E-state index contributed by atoms with van der Waals surface area (Å²) in [5.74, 6) is 0.992. The van der Waals surface area contributed by atoms with Gasteiger partial charge in [0.1, 0.15) is 6.04 Å². The van der Waals surface area contributed by atoms with Gasteiger partial charge in [-0.05, 0) is 77.0 Å². The molecule has 3 heterocycles. The van der Waals surface area contributed by atoms with Crippen LogP contribution in [0.4, 0.5) is 0 Å². The summed E-state index contributed by atoms with van der Waals surface area (Å²) in [6.45, 7) is 3.10. The molecule has 2 aliphatic heterocycles. The molecule has 3 fully saturated rings. The lowest BCUT2D eigenvalue weighted by molar-refractivity contribution is 0.0806. The van der Waals surface area contributed by atoms with Crippen molar-refractivity contribution in [3.05, 3.63) is 88.2 Å². The second-order valence-electron chi connectivity index (χ2n) is 10.6. The molecule has 3 aromatic carbocycles. The van der Waals surface area contributed by atoms with Gasteiger partial charge >= 0.3 is 0 Å². The van der Waals surface area contributed by atoms with Crippen LogP contribution in [-0.2, 0) is 5.41 Å². The van der Waals surface area contributed by atoms with Crippen LogP contribution in [0.5, 0.6) is 0 Å². The van der Waals surface area contributed by atoms with Crippen molar-refractivity contribution in [2.45, 2.75) is 36.9 Å². The van der Waals surface area contributed by atoms with Crippen molar-refractivity contribution in [1.29, 1.82) is 0 Å². The van der Waals surface area contributed by atoms with Crippen LogP contribution in [0.15, 0.2) is 67.0 Å². The summed E-state index contributed by atoms with van der Waals surface area (Å²) in [5, 5.41) is 20.5. The number of piperidine rings is 2. The quantitative estimate of drug-likeness (QED) is 0.387. The van der Waals surface area contributed by atoms with Crippen molar-refractivity contribution in [3.63, 3.8) is 0 Å². The van der Waals surface area contributed by atoms with E-state index in [1.165, 1.54) is 28.3 Å². The maximum Gasteiger partial charge on any atom is 0.162 e. The molecule has 3 aliphatic rings. The SMILES string of the molecule is Clc1ccc([C@]23CNC(N4CCC[C@H]([C@@H](c5ccc6ccccc6c5)n5ncnn5)C4)C2C3)cc1Cl. The van der Waals surface area contributed by atoms with Gasteiger partial charge in [0.25, 0.3) is 0 Å². The first-order chi connectivity index (χ1) is 17.6. The molecule has 5 atom stereocenters. The summed E-state index contributed by atoms with van der Waals surface area (Å²) in [6, 6.07) is 21.5. The molecule has 2 saturated heterocycles. The Morgan fingerprint density at radius 1 is 1.00 bits per heavy atom. The second kappa shape index (κ2) is 8.80. The molecule has 1 N–H and O–H groups in total. The smallest absolute Gasteiger partial charge is 0.162 e. The summed E-state index contributed by atoms with van der Waals surface area (Å²) < 4.78 is 0. The van der Waals surface area contributed by atoms with Gasteiger partial charge in [-0.15, -0.1) is 10.2 Å². The van der Waals surface area contributed by atoms with Crippen molar-refractivity contribution in [1.82, 2.24) is 30.4 Å². The van der Waals surface area contributed by atoms with E-state index in [-0.39, 0.29) is 11.5 Å². The molecule has 6 nitrogen and oxygen atoms in total. The van der Waals surface area contributed by atoms with Gasteiger partial charge in [0, 0.05) is 24.4 Å². The molecule has 2 unspecified atom stereocenters.